The highest BCUT2D eigenvalue weighted by Gasteiger charge is 2.17. The molecule has 45 heavy (non-hydrogen) atoms. The number of benzene rings is 8. The molecule has 1 nitrogen and oxygen atoms in total. The van der Waals surface area contributed by atoms with E-state index in [0.29, 0.717) is 22.3 Å². The van der Waals surface area contributed by atoms with E-state index in [4.69, 9.17) is 7.16 Å². The minimum Gasteiger partial charge on any atom is -0.456 e. The summed E-state index contributed by atoms with van der Waals surface area (Å²) in [5.74, 6) is 0. The van der Waals surface area contributed by atoms with Gasteiger partial charge in [0.25, 0.3) is 0 Å². The quantitative estimate of drug-likeness (QED) is 0.190. The zero-order chi connectivity index (χ0) is 33.2. The van der Waals surface area contributed by atoms with Gasteiger partial charge in [-0.15, -0.1) is 0 Å². The fourth-order valence-corrected chi connectivity index (χ4v) is 6.67. The molecule has 0 aliphatic rings. The topological polar surface area (TPSA) is 13.1 Å². The van der Waals surface area contributed by atoms with E-state index in [0.717, 1.165) is 65.7 Å². The Bertz CT molecular complexity index is 2690. The van der Waals surface area contributed by atoms with Gasteiger partial charge in [-0.2, -0.15) is 0 Å². The molecule has 0 spiro atoms. The van der Waals surface area contributed by atoms with Crippen molar-refractivity contribution >= 4 is 43.5 Å². The first-order valence-electron chi connectivity index (χ1n) is 17.1. The molecule has 210 valence electrons. The lowest BCUT2D eigenvalue weighted by molar-refractivity contribution is 0.669. The lowest BCUT2D eigenvalue weighted by atomic mass is 9.85. The van der Waals surface area contributed by atoms with Crippen molar-refractivity contribution in [3.8, 4) is 44.5 Å². The summed E-state index contributed by atoms with van der Waals surface area (Å²) in [5, 5.41) is 5.62. The van der Waals surface area contributed by atoms with Crippen LogP contribution in [0.4, 0.5) is 0 Å². The van der Waals surface area contributed by atoms with Crippen LogP contribution in [0.5, 0.6) is 0 Å². The van der Waals surface area contributed by atoms with Gasteiger partial charge in [0, 0.05) is 10.8 Å². The van der Waals surface area contributed by atoms with E-state index in [-0.39, 0.29) is 24.2 Å². The van der Waals surface area contributed by atoms with Crippen LogP contribution in [0.25, 0.3) is 88.0 Å². The van der Waals surface area contributed by atoms with E-state index in [2.05, 4.69) is 48.5 Å². The molecule has 0 N–H and O–H groups in total. The van der Waals surface area contributed by atoms with Crippen molar-refractivity contribution < 1.29 is 9.90 Å². The van der Waals surface area contributed by atoms with Gasteiger partial charge < -0.3 is 4.42 Å². The second kappa shape index (κ2) is 10.4. The van der Waals surface area contributed by atoms with E-state index >= 15 is 0 Å². The number of hydrogen-bond donors (Lipinski definition) is 0. The van der Waals surface area contributed by atoms with E-state index in [1.54, 1.807) is 0 Å². The van der Waals surface area contributed by atoms with Crippen molar-refractivity contribution in [2.24, 2.45) is 0 Å². The van der Waals surface area contributed by atoms with Crippen LogP contribution in [0, 0.1) is 0 Å². The van der Waals surface area contributed by atoms with Gasteiger partial charge in [-0.25, -0.2) is 0 Å². The Morgan fingerprint density at radius 3 is 1.56 bits per heavy atom. The molecule has 0 saturated carbocycles. The summed E-state index contributed by atoms with van der Waals surface area (Å²) in [4.78, 5) is 0. The minimum absolute atomic E-state index is 0.0623. The smallest absolute Gasteiger partial charge is 0.136 e. The van der Waals surface area contributed by atoms with Crippen molar-refractivity contribution in [1.29, 1.82) is 0 Å². The zero-order valence-electron chi connectivity index (χ0n) is 28.3. The fraction of sp³-hybridized carbons (Fsp3) is 0. The maximum Gasteiger partial charge on any atom is 0.136 e. The van der Waals surface area contributed by atoms with Crippen molar-refractivity contribution in [2.45, 2.75) is 0 Å². The van der Waals surface area contributed by atoms with Crippen LogP contribution in [0.3, 0.4) is 0 Å². The Kier molecular flexibility index (Phi) is 5.00. The monoisotopic (exact) mass is 576 g/mol. The van der Waals surface area contributed by atoms with E-state index in [9.17, 15) is 2.74 Å². The van der Waals surface area contributed by atoms with Crippen LogP contribution in [0.15, 0.2) is 174 Å². The Balaban J connectivity index is 1.30. The molecule has 0 amide bonds. The molecule has 1 heterocycles. The highest BCUT2D eigenvalue weighted by atomic mass is 16.3. The Morgan fingerprint density at radius 1 is 0.356 bits per heavy atom. The first-order valence-corrected chi connectivity index (χ1v) is 15.1. The van der Waals surface area contributed by atoms with Crippen molar-refractivity contribution in [2.75, 3.05) is 0 Å². The Labute approximate surface area is 267 Å². The molecule has 1 aromatic heterocycles. The third-order valence-electron chi connectivity index (χ3n) is 8.74. The van der Waals surface area contributed by atoms with Gasteiger partial charge in [0.2, 0.25) is 0 Å². The Morgan fingerprint density at radius 2 is 0.889 bits per heavy atom. The molecule has 0 radical (unpaired) electrons. The van der Waals surface area contributed by atoms with Crippen molar-refractivity contribution in [1.82, 2.24) is 0 Å². The summed E-state index contributed by atoms with van der Waals surface area (Å²) in [6.45, 7) is 0. The lowest BCUT2D eigenvalue weighted by Gasteiger charge is -2.18. The molecule has 9 rings (SSSR count). The molecule has 0 saturated heterocycles. The summed E-state index contributed by atoms with van der Waals surface area (Å²) in [5.41, 5.74) is 7.85. The van der Waals surface area contributed by atoms with Crippen LogP contribution in [-0.4, -0.2) is 0 Å². The van der Waals surface area contributed by atoms with E-state index in [1.165, 1.54) is 0 Å². The second-order valence-electron chi connectivity index (χ2n) is 11.3. The molecule has 0 unspecified atom stereocenters. The number of hydrogen-bond acceptors (Lipinski definition) is 1. The maximum atomic E-state index is 9.68. The third kappa shape index (κ3) is 4.24. The summed E-state index contributed by atoms with van der Waals surface area (Å²) in [7, 11) is 0. The molecule has 0 bridgehead atoms. The van der Waals surface area contributed by atoms with Gasteiger partial charge in [0.15, 0.2) is 0 Å². The lowest BCUT2D eigenvalue weighted by Crippen LogP contribution is -1.91. The molecule has 0 aliphatic carbocycles. The van der Waals surface area contributed by atoms with Crippen LogP contribution < -0.4 is 0 Å². The first-order chi connectivity index (χ1) is 24.0. The average molecular weight is 577 g/mol. The predicted molar refractivity (Wildman–Crippen MR) is 190 cm³/mol. The molecule has 0 atom stereocenters. The summed E-state index contributed by atoms with van der Waals surface area (Å²) >= 11 is 0. The zero-order valence-corrected chi connectivity index (χ0v) is 24.3. The maximum absolute atomic E-state index is 9.68. The average Bonchev–Trinajstić information content (AvgIpc) is 3.52. The summed E-state index contributed by atoms with van der Waals surface area (Å²) in [6, 6.07) is 48.1. The normalized spacial score (nSPS) is 12.8. The predicted octanol–water partition coefficient (Wildman–Crippen LogP) is 12.6. The molecule has 1 heteroatoms. The van der Waals surface area contributed by atoms with Gasteiger partial charge in [-0.05, 0) is 96.4 Å². The molecule has 0 aliphatic heterocycles. The second-order valence-corrected chi connectivity index (χ2v) is 11.3. The number of furan rings is 1. The highest BCUT2D eigenvalue weighted by molar-refractivity contribution is 6.21. The van der Waals surface area contributed by atoms with Gasteiger partial charge in [-0.3, -0.25) is 0 Å². The largest absolute Gasteiger partial charge is 0.456 e. The fourth-order valence-electron chi connectivity index (χ4n) is 6.67. The van der Waals surface area contributed by atoms with Gasteiger partial charge in [-0.1, -0.05) is 139 Å². The molecule has 9 aromatic rings. The summed E-state index contributed by atoms with van der Waals surface area (Å²) < 4.78 is 43.2. The van der Waals surface area contributed by atoms with Crippen LogP contribution >= 0.6 is 0 Å². The van der Waals surface area contributed by atoms with Crippen LogP contribution in [0.2, 0.25) is 0 Å². The molecular weight excluding hydrogens is 544 g/mol. The summed E-state index contributed by atoms with van der Waals surface area (Å²) in [6.07, 6.45) is 0. The number of fused-ring (bicyclic) bond motifs is 5. The minimum atomic E-state index is -0.203. The first kappa shape index (κ1) is 21.7. The molecule has 0 fully saturated rings. The van der Waals surface area contributed by atoms with Gasteiger partial charge in [0.05, 0.1) is 5.48 Å². The Hall–Kier alpha value is -5.92. The third-order valence-corrected chi connectivity index (χ3v) is 8.74. The van der Waals surface area contributed by atoms with E-state index in [1.807, 2.05) is 97.1 Å². The van der Waals surface area contributed by atoms with Gasteiger partial charge in [0.1, 0.15) is 11.2 Å². The number of rotatable bonds is 4. The van der Waals surface area contributed by atoms with Crippen LogP contribution in [0.1, 0.15) is 5.48 Å². The molecular formula is C44H28O. The standard InChI is InChI=1S/C44H28O/c1-3-12-29(13-4-1)33-22-24-35-40-27-32(23-25-41(40)45-42(35)28-33)31-16-11-17-34(26-31)44-38-20-9-7-18-36(38)43(30-14-5-2-6-15-30)37-19-8-10-21-39(37)44/h1-28H/i11D,16D,17D,26D. The van der Waals surface area contributed by atoms with E-state index < -0.39 is 0 Å². The molecule has 8 aromatic carbocycles. The van der Waals surface area contributed by atoms with Crippen LogP contribution in [-0.2, 0) is 0 Å². The highest BCUT2D eigenvalue weighted by Crippen LogP contribution is 2.44. The van der Waals surface area contributed by atoms with Crippen molar-refractivity contribution in [3.63, 3.8) is 0 Å². The SMILES string of the molecule is [2H]c1c([2H])c(-c2ccc3oc4cc(-c5ccccc5)ccc4c3c2)c([2H])c(-c2c3ccccc3c(-c3ccccc3)c3ccccc23)c1[2H]. The van der Waals surface area contributed by atoms with Gasteiger partial charge >= 0.3 is 0 Å². The van der Waals surface area contributed by atoms with Crippen molar-refractivity contribution in [3.05, 3.63) is 170 Å².